The SMILES string of the molecule is CN(C)C(C)(C)C(O)Cc1nccn1C. The van der Waals surface area contributed by atoms with Crippen LogP contribution in [0.15, 0.2) is 12.4 Å². The van der Waals surface area contributed by atoms with Gasteiger partial charge in [0.05, 0.1) is 6.10 Å². The van der Waals surface area contributed by atoms with Gasteiger partial charge in [0.2, 0.25) is 0 Å². The highest BCUT2D eigenvalue weighted by atomic mass is 16.3. The fourth-order valence-electron chi connectivity index (χ4n) is 1.31. The van der Waals surface area contributed by atoms with Gasteiger partial charge in [0.15, 0.2) is 0 Å². The van der Waals surface area contributed by atoms with Crippen molar-refractivity contribution in [2.24, 2.45) is 7.05 Å². The third-order valence-corrected chi connectivity index (χ3v) is 3.26. The molecule has 0 spiro atoms. The third-order valence-electron chi connectivity index (χ3n) is 3.26. The van der Waals surface area contributed by atoms with Crippen molar-refractivity contribution in [3.63, 3.8) is 0 Å². The van der Waals surface area contributed by atoms with E-state index in [-0.39, 0.29) is 5.54 Å². The largest absolute Gasteiger partial charge is 0.391 e. The predicted octanol–water partition coefficient (Wildman–Crippen LogP) is 0.664. The molecule has 0 aromatic carbocycles. The molecule has 15 heavy (non-hydrogen) atoms. The Hall–Kier alpha value is -0.870. The molecule has 0 bridgehead atoms. The molecular weight excluding hydrogens is 190 g/mol. The van der Waals surface area contributed by atoms with Gasteiger partial charge in [-0.25, -0.2) is 4.98 Å². The Bertz CT molecular complexity index is 317. The summed E-state index contributed by atoms with van der Waals surface area (Å²) < 4.78 is 1.94. The van der Waals surface area contributed by atoms with Crippen LogP contribution in [0, 0.1) is 0 Å². The Morgan fingerprint density at radius 3 is 2.53 bits per heavy atom. The molecule has 0 saturated heterocycles. The molecule has 1 N–H and O–H groups in total. The first-order valence-electron chi connectivity index (χ1n) is 5.17. The van der Waals surface area contributed by atoms with Crippen molar-refractivity contribution in [2.75, 3.05) is 14.1 Å². The first kappa shape index (κ1) is 12.2. The first-order chi connectivity index (χ1) is 6.85. The molecule has 4 nitrogen and oxygen atoms in total. The van der Waals surface area contributed by atoms with Crippen molar-refractivity contribution in [2.45, 2.75) is 31.9 Å². The van der Waals surface area contributed by atoms with Gasteiger partial charge in [0.1, 0.15) is 5.82 Å². The summed E-state index contributed by atoms with van der Waals surface area (Å²) >= 11 is 0. The van der Waals surface area contributed by atoms with Gasteiger partial charge in [-0.3, -0.25) is 0 Å². The van der Waals surface area contributed by atoms with Crippen LogP contribution in [-0.2, 0) is 13.5 Å². The van der Waals surface area contributed by atoms with Gasteiger partial charge in [-0.05, 0) is 27.9 Å². The summed E-state index contributed by atoms with van der Waals surface area (Å²) in [5.41, 5.74) is -0.244. The van der Waals surface area contributed by atoms with Crippen LogP contribution in [0.2, 0.25) is 0 Å². The van der Waals surface area contributed by atoms with Crippen LogP contribution in [0.5, 0.6) is 0 Å². The number of hydrogen-bond donors (Lipinski definition) is 1. The van der Waals surface area contributed by atoms with E-state index < -0.39 is 6.10 Å². The molecule has 86 valence electrons. The lowest BCUT2D eigenvalue weighted by Crippen LogP contribution is -2.49. The molecule has 0 aliphatic rings. The average molecular weight is 211 g/mol. The molecule has 4 heteroatoms. The molecule has 1 rings (SSSR count). The van der Waals surface area contributed by atoms with E-state index in [2.05, 4.69) is 4.98 Å². The van der Waals surface area contributed by atoms with Crippen molar-refractivity contribution in [3.05, 3.63) is 18.2 Å². The van der Waals surface area contributed by atoms with Crippen LogP contribution in [0.3, 0.4) is 0 Å². The standard InChI is InChI=1S/C11H21N3O/c1-11(2,13(3)4)9(15)8-10-12-6-7-14(10)5/h6-7,9,15H,8H2,1-5H3. The minimum atomic E-state index is -0.423. The van der Waals surface area contributed by atoms with Gasteiger partial charge < -0.3 is 14.6 Å². The van der Waals surface area contributed by atoms with Crippen LogP contribution in [0.4, 0.5) is 0 Å². The molecule has 0 aliphatic heterocycles. The Morgan fingerprint density at radius 1 is 1.53 bits per heavy atom. The van der Waals surface area contributed by atoms with E-state index in [1.807, 2.05) is 50.7 Å². The number of hydrogen-bond acceptors (Lipinski definition) is 3. The second kappa shape index (κ2) is 4.33. The van der Waals surface area contributed by atoms with E-state index in [9.17, 15) is 5.11 Å². The Labute approximate surface area is 91.5 Å². The lowest BCUT2D eigenvalue weighted by molar-refractivity contribution is 0.0167. The molecule has 0 fully saturated rings. The maximum absolute atomic E-state index is 10.1. The smallest absolute Gasteiger partial charge is 0.111 e. The lowest BCUT2D eigenvalue weighted by Gasteiger charge is -2.37. The van der Waals surface area contributed by atoms with Crippen LogP contribution in [0.25, 0.3) is 0 Å². The Balaban J connectivity index is 2.71. The minimum absolute atomic E-state index is 0.244. The molecule has 1 unspecified atom stereocenters. The highest BCUT2D eigenvalue weighted by Crippen LogP contribution is 2.18. The average Bonchev–Trinajstić information content (AvgIpc) is 2.51. The molecule has 1 aromatic heterocycles. The summed E-state index contributed by atoms with van der Waals surface area (Å²) in [5.74, 6) is 0.914. The van der Waals surface area contributed by atoms with Crippen LogP contribution >= 0.6 is 0 Å². The molecule has 0 amide bonds. The highest BCUT2D eigenvalue weighted by Gasteiger charge is 2.30. The van der Waals surface area contributed by atoms with Crippen molar-refractivity contribution in [1.82, 2.24) is 14.5 Å². The molecule has 1 atom stereocenters. The predicted molar refractivity (Wildman–Crippen MR) is 60.7 cm³/mol. The summed E-state index contributed by atoms with van der Waals surface area (Å²) in [6, 6.07) is 0. The van der Waals surface area contributed by atoms with E-state index in [0.717, 1.165) is 5.82 Å². The molecule has 0 aliphatic carbocycles. The number of aromatic nitrogens is 2. The molecule has 0 saturated carbocycles. The van der Waals surface area contributed by atoms with Crippen molar-refractivity contribution < 1.29 is 5.11 Å². The van der Waals surface area contributed by atoms with E-state index in [1.165, 1.54) is 0 Å². The highest BCUT2D eigenvalue weighted by molar-refractivity contribution is 4.98. The van der Waals surface area contributed by atoms with Gasteiger partial charge in [-0.1, -0.05) is 0 Å². The Morgan fingerprint density at radius 2 is 2.13 bits per heavy atom. The van der Waals surface area contributed by atoms with Gasteiger partial charge in [-0.2, -0.15) is 0 Å². The third kappa shape index (κ3) is 2.58. The van der Waals surface area contributed by atoms with Crippen LogP contribution in [-0.4, -0.2) is 45.3 Å². The molecule has 1 aromatic rings. The van der Waals surface area contributed by atoms with Gasteiger partial charge in [0.25, 0.3) is 0 Å². The molecular formula is C11H21N3O. The van der Waals surface area contributed by atoms with Crippen molar-refractivity contribution >= 4 is 0 Å². The summed E-state index contributed by atoms with van der Waals surface area (Å²) in [7, 11) is 5.89. The monoisotopic (exact) mass is 211 g/mol. The second-order valence-corrected chi connectivity index (χ2v) is 4.72. The molecule has 1 heterocycles. The normalized spacial score (nSPS) is 14.6. The maximum atomic E-state index is 10.1. The number of aliphatic hydroxyl groups is 1. The van der Waals surface area contributed by atoms with Gasteiger partial charge in [0, 0.05) is 31.4 Å². The zero-order valence-corrected chi connectivity index (χ0v) is 10.2. The zero-order chi connectivity index (χ0) is 11.6. The van der Waals surface area contributed by atoms with Crippen LogP contribution < -0.4 is 0 Å². The van der Waals surface area contributed by atoms with Gasteiger partial charge >= 0.3 is 0 Å². The fraction of sp³-hybridized carbons (Fsp3) is 0.727. The zero-order valence-electron chi connectivity index (χ0n) is 10.2. The lowest BCUT2D eigenvalue weighted by atomic mass is 9.93. The van der Waals surface area contributed by atoms with E-state index >= 15 is 0 Å². The number of likely N-dealkylation sites (N-methyl/N-ethyl adjacent to an activating group) is 1. The number of aliphatic hydroxyl groups excluding tert-OH is 1. The molecule has 0 radical (unpaired) electrons. The van der Waals surface area contributed by atoms with Crippen molar-refractivity contribution in [3.8, 4) is 0 Å². The maximum Gasteiger partial charge on any atom is 0.111 e. The van der Waals surface area contributed by atoms with Crippen LogP contribution in [0.1, 0.15) is 19.7 Å². The topological polar surface area (TPSA) is 41.3 Å². The quantitative estimate of drug-likeness (QED) is 0.795. The second-order valence-electron chi connectivity index (χ2n) is 4.72. The van der Waals surface area contributed by atoms with E-state index in [4.69, 9.17) is 0 Å². The van der Waals surface area contributed by atoms with E-state index in [1.54, 1.807) is 6.20 Å². The fourth-order valence-corrected chi connectivity index (χ4v) is 1.31. The van der Waals surface area contributed by atoms with Crippen molar-refractivity contribution in [1.29, 1.82) is 0 Å². The first-order valence-corrected chi connectivity index (χ1v) is 5.17. The summed E-state index contributed by atoms with van der Waals surface area (Å²) in [6.45, 7) is 4.06. The van der Waals surface area contributed by atoms with Gasteiger partial charge in [-0.15, -0.1) is 0 Å². The summed E-state index contributed by atoms with van der Waals surface area (Å²) in [5, 5.41) is 10.1. The number of nitrogens with zero attached hydrogens (tertiary/aromatic N) is 3. The number of imidazole rings is 1. The Kier molecular flexibility index (Phi) is 3.52. The number of rotatable bonds is 4. The minimum Gasteiger partial charge on any atom is -0.391 e. The number of aryl methyl sites for hydroxylation is 1. The summed E-state index contributed by atoms with van der Waals surface area (Å²) in [4.78, 5) is 6.24. The van der Waals surface area contributed by atoms with E-state index in [0.29, 0.717) is 6.42 Å². The summed E-state index contributed by atoms with van der Waals surface area (Å²) in [6.07, 6.45) is 3.80.